The molecule has 5 nitrogen and oxygen atoms in total. The van der Waals surface area contributed by atoms with Crippen LogP contribution in [0.3, 0.4) is 0 Å². The number of aromatic nitrogens is 1. The summed E-state index contributed by atoms with van der Waals surface area (Å²) < 4.78 is 23.6. The minimum atomic E-state index is -0.466. The number of aryl methyl sites for hydroxylation is 1. The molecular formula is C22H19Cl2FN4OS. The summed E-state index contributed by atoms with van der Waals surface area (Å²) >= 11 is 13.5. The molecule has 0 amide bonds. The lowest BCUT2D eigenvalue weighted by Crippen LogP contribution is -2.24. The van der Waals surface area contributed by atoms with Crippen molar-refractivity contribution < 1.29 is 9.13 Å². The van der Waals surface area contributed by atoms with Crippen LogP contribution in [0.2, 0.25) is 10.0 Å². The van der Waals surface area contributed by atoms with Gasteiger partial charge in [0, 0.05) is 36.3 Å². The Morgan fingerprint density at radius 1 is 1.26 bits per heavy atom. The fourth-order valence-electron chi connectivity index (χ4n) is 2.55. The zero-order chi connectivity index (χ0) is 22.7. The van der Waals surface area contributed by atoms with Crippen LogP contribution in [0.4, 0.5) is 10.1 Å². The van der Waals surface area contributed by atoms with Crippen molar-refractivity contribution in [3.63, 3.8) is 0 Å². The Labute approximate surface area is 194 Å². The number of aliphatic imine (C=N–C) groups is 1. The largest absolute Gasteiger partial charge is 0.443 e. The zero-order valence-electron chi connectivity index (χ0n) is 17.3. The Morgan fingerprint density at radius 2 is 2.00 bits per heavy atom. The lowest BCUT2D eigenvalue weighted by Gasteiger charge is -2.17. The monoisotopic (exact) mass is 476 g/mol. The van der Waals surface area contributed by atoms with E-state index in [1.165, 1.54) is 18.2 Å². The molecule has 0 atom stereocenters. The van der Waals surface area contributed by atoms with Crippen molar-refractivity contribution in [3.8, 4) is 28.1 Å². The highest BCUT2D eigenvalue weighted by Crippen LogP contribution is 2.41. The average molecular weight is 477 g/mol. The van der Waals surface area contributed by atoms with E-state index in [2.05, 4.69) is 29.3 Å². The number of ether oxygens (including phenoxy) is 1. The lowest BCUT2D eigenvalue weighted by molar-refractivity contribution is 0.429. The molecule has 1 aromatic heterocycles. The van der Waals surface area contributed by atoms with Gasteiger partial charge in [-0.05, 0) is 50.6 Å². The maximum Gasteiger partial charge on any atom is 0.218 e. The number of nitrogens with zero attached hydrogens (tertiary/aromatic N) is 4. The van der Waals surface area contributed by atoms with Crippen LogP contribution in [0.1, 0.15) is 25.0 Å². The van der Waals surface area contributed by atoms with Crippen LogP contribution < -0.4 is 4.74 Å². The molecule has 0 saturated carbocycles. The summed E-state index contributed by atoms with van der Waals surface area (Å²) in [5.74, 6) is 0.0182. The van der Waals surface area contributed by atoms with E-state index in [0.29, 0.717) is 38.8 Å². The van der Waals surface area contributed by atoms with Crippen LogP contribution in [0, 0.1) is 24.1 Å². The standard InChI is InChI=1S/C22H19Cl2FN4OS/c1-12(2)29(4)11-27-19-7-13(3)20(9-18(19)24)30-22-16(10-26)21(28-31-22)15-6-5-14(25)8-17(15)23/h5-9,11-12H,1-4H3/b27-11-. The molecule has 0 N–H and O–H groups in total. The second kappa shape index (κ2) is 9.65. The molecule has 0 fully saturated rings. The molecule has 31 heavy (non-hydrogen) atoms. The quantitative estimate of drug-likeness (QED) is 0.278. The first-order valence-corrected chi connectivity index (χ1v) is 10.8. The number of nitriles is 1. The third kappa shape index (κ3) is 5.16. The zero-order valence-corrected chi connectivity index (χ0v) is 19.6. The fraction of sp³-hybridized carbons (Fsp3) is 0.227. The van der Waals surface area contributed by atoms with Gasteiger partial charge in [-0.2, -0.15) is 9.64 Å². The van der Waals surface area contributed by atoms with Gasteiger partial charge in [-0.1, -0.05) is 23.2 Å². The predicted octanol–water partition coefficient (Wildman–Crippen LogP) is 7.23. The minimum absolute atomic E-state index is 0.168. The maximum atomic E-state index is 13.4. The fourth-order valence-corrected chi connectivity index (χ4v) is 3.74. The second-order valence-corrected chi connectivity index (χ2v) is 8.65. The van der Waals surface area contributed by atoms with Gasteiger partial charge in [-0.15, -0.1) is 0 Å². The number of halogens is 3. The number of benzene rings is 2. The molecule has 0 aliphatic rings. The van der Waals surface area contributed by atoms with E-state index in [9.17, 15) is 9.65 Å². The third-order valence-electron chi connectivity index (χ3n) is 4.60. The van der Waals surface area contributed by atoms with Crippen LogP contribution in [0.5, 0.6) is 10.8 Å². The Balaban J connectivity index is 1.92. The number of rotatable bonds is 6. The number of hydrogen-bond acceptors (Lipinski definition) is 5. The second-order valence-electron chi connectivity index (χ2n) is 7.10. The number of hydrogen-bond donors (Lipinski definition) is 0. The SMILES string of the molecule is Cc1cc(/N=C\N(C)C(C)C)c(Cl)cc1Oc1snc(-c2ccc(F)cc2Cl)c1C#N. The van der Waals surface area contributed by atoms with Gasteiger partial charge >= 0.3 is 0 Å². The van der Waals surface area contributed by atoms with E-state index >= 15 is 0 Å². The first-order chi connectivity index (χ1) is 14.7. The molecule has 3 rings (SSSR count). The third-order valence-corrected chi connectivity index (χ3v) is 5.94. The first kappa shape index (κ1) is 23.0. The van der Waals surface area contributed by atoms with Crippen molar-refractivity contribution in [2.45, 2.75) is 26.8 Å². The molecule has 0 spiro atoms. The first-order valence-electron chi connectivity index (χ1n) is 9.30. The van der Waals surface area contributed by atoms with E-state index in [0.717, 1.165) is 17.1 Å². The summed E-state index contributed by atoms with van der Waals surface area (Å²) in [4.78, 5) is 6.40. The van der Waals surface area contributed by atoms with Crippen LogP contribution in [-0.2, 0) is 0 Å². The molecular weight excluding hydrogens is 458 g/mol. The van der Waals surface area contributed by atoms with Crippen LogP contribution >= 0.6 is 34.7 Å². The molecule has 0 saturated heterocycles. The van der Waals surface area contributed by atoms with Crippen LogP contribution in [0.25, 0.3) is 11.3 Å². The average Bonchev–Trinajstić information content (AvgIpc) is 3.11. The highest BCUT2D eigenvalue weighted by atomic mass is 35.5. The summed E-state index contributed by atoms with van der Waals surface area (Å²) in [5, 5.41) is 10.6. The Kier molecular flexibility index (Phi) is 7.16. The molecule has 0 bridgehead atoms. The molecule has 0 radical (unpaired) electrons. The molecule has 0 unspecified atom stereocenters. The van der Waals surface area contributed by atoms with Crippen molar-refractivity contribution in [1.82, 2.24) is 9.27 Å². The molecule has 0 aliphatic heterocycles. The van der Waals surface area contributed by atoms with Gasteiger partial charge in [-0.3, -0.25) is 0 Å². The predicted molar refractivity (Wildman–Crippen MR) is 125 cm³/mol. The summed E-state index contributed by atoms with van der Waals surface area (Å²) in [6, 6.07) is 9.81. The molecule has 0 aliphatic carbocycles. The highest BCUT2D eigenvalue weighted by molar-refractivity contribution is 7.08. The van der Waals surface area contributed by atoms with E-state index in [-0.39, 0.29) is 10.6 Å². The highest BCUT2D eigenvalue weighted by Gasteiger charge is 2.20. The van der Waals surface area contributed by atoms with Crippen molar-refractivity contribution in [2.24, 2.45) is 4.99 Å². The maximum absolute atomic E-state index is 13.4. The van der Waals surface area contributed by atoms with Gasteiger partial charge in [0.05, 0.1) is 22.1 Å². The lowest BCUT2D eigenvalue weighted by atomic mass is 10.1. The van der Waals surface area contributed by atoms with Gasteiger partial charge in [0.2, 0.25) is 5.06 Å². The van der Waals surface area contributed by atoms with E-state index in [1.54, 1.807) is 12.4 Å². The summed E-state index contributed by atoms with van der Waals surface area (Å²) in [6.45, 7) is 5.98. The van der Waals surface area contributed by atoms with Gasteiger partial charge in [0.15, 0.2) is 0 Å². The van der Waals surface area contributed by atoms with Gasteiger partial charge in [0.1, 0.15) is 28.9 Å². The normalized spacial score (nSPS) is 11.2. The summed E-state index contributed by atoms with van der Waals surface area (Å²) in [7, 11) is 1.94. The topological polar surface area (TPSA) is 61.5 Å². The van der Waals surface area contributed by atoms with Crippen molar-refractivity contribution in [1.29, 1.82) is 5.26 Å². The van der Waals surface area contributed by atoms with Crippen molar-refractivity contribution >= 4 is 46.8 Å². The van der Waals surface area contributed by atoms with E-state index in [1.807, 2.05) is 24.9 Å². The van der Waals surface area contributed by atoms with Crippen molar-refractivity contribution in [3.05, 3.63) is 57.3 Å². The minimum Gasteiger partial charge on any atom is -0.443 e. The van der Waals surface area contributed by atoms with Crippen LogP contribution in [0.15, 0.2) is 35.3 Å². The Hall–Kier alpha value is -2.66. The molecule has 2 aromatic carbocycles. The van der Waals surface area contributed by atoms with Gasteiger partial charge in [-0.25, -0.2) is 9.38 Å². The summed E-state index contributed by atoms with van der Waals surface area (Å²) in [5.41, 5.74) is 2.42. The van der Waals surface area contributed by atoms with Crippen LogP contribution in [-0.4, -0.2) is 28.7 Å². The van der Waals surface area contributed by atoms with Gasteiger partial charge < -0.3 is 9.64 Å². The van der Waals surface area contributed by atoms with Gasteiger partial charge in [0.25, 0.3) is 0 Å². The summed E-state index contributed by atoms with van der Waals surface area (Å²) in [6.07, 6.45) is 1.72. The molecule has 1 heterocycles. The van der Waals surface area contributed by atoms with E-state index < -0.39 is 5.82 Å². The van der Waals surface area contributed by atoms with E-state index in [4.69, 9.17) is 27.9 Å². The Bertz CT molecular complexity index is 1190. The molecule has 9 heteroatoms. The molecule has 160 valence electrons. The molecule has 3 aromatic rings. The smallest absolute Gasteiger partial charge is 0.218 e. The Morgan fingerprint density at radius 3 is 2.65 bits per heavy atom. The van der Waals surface area contributed by atoms with Crippen molar-refractivity contribution in [2.75, 3.05) is 7.05 Å².